The minimum atomic E-state index is 0.928. The molecule has 1 aromatic heterocycles. The number of nitrogens with zero attached hydrogens (tertiary/aromatic N) is 2. The lowest BCUT2D eigenvalue weighted by Crippen LogP contribution is -2.43. The fourth-order valence-electron chi connectivity index (χ4n) is 2.80. The number of nitrogens with one attached hydrogen (secondary N) is 1. The molecule has 1 aliphatic rings. The van der Waals surface area contributed by atoms with Crippen LogP contribution in [0.15, 0.2) is 17.5 Å². The highest BCUT2D eigenvalue weighted by Gasteiger charge is 2.17. The molecule has 0 radical (unpaired) electrons. The Morgan fingerprint density at radius 2 is 2.00 bits per heavy atom. The second-order valence-electron chi connectivity index (χ2n) is 5.41. The molecule has 0 unspecified atom stereocenters. The number of benzene rings is 1. The van der Waals surface area contributed by atoms with E-state index in [0.717, 1.165) is 53.9 Å². The van der Waals surface area contributed by atoms with Crippen molar-refractivity contribution in [3.8, 4) is 17.0 Å². The standard InChI is InChI=1S/C16H21N3OS/c1-11-8-12(2)15(20-3)13(9-11)14-10-21-16(18-14)19-6-4-17-5-7-19/h8-10,17H,4-7H2,1-3H3. The van der Waals surface area contributed by atoms with Crippen LogP contribution in [0.2, 0.25) is 0 Å². The third-order valence-electron chi connectivity index (χ3n) is 3.78. The predicted molar refractivity (Wildman–Crippen MR) is 88.7 cm³/mol. The molecule has 0 bridgehead atoms. The van der Waals surface area contributed by atoms with Crippen molar-refractivity contribution in [3.63, 3.8) is 0 Å². The Bertz CT molecular complexity index is 632. The number of thiazole rings is 1. The summed E-state index contributed by atoms with van der Waals surface area (Å²) in [6.07, 6.45) is 0. The molecule has 1 N–H and O–H groups in total. The third kappa shape index (κ3) is 2.89. The van der Waals surface area contributed by atoms with Gasteiger partial charge in [0.25, 0.3) is 0 Å². The maximum atomic E-state index is 5.58. The molecule has 2 aromatic rings. The van der Waals surface area contributed by atoms with Crippen LogP contribution in [-0.4, -0.2) is 38.3 Å². The fourth-order valence-corrected chi connectivity index (χ4v) is 3.68. The van der Waals surface area contributed by atoms with Crippen molar-refractivity contribution in [2.45, 2.75) is 13.8 Å². The van der Waals surface area contributed by atoms with Crippen molar-refractivity contribution < 1.29 is 4.74 Å². The third-order valence-corrected chi connectivity index (χ3v) is 4.68. The molecule has 2 heterocycles. The van der Waals surface area contributed by atoms with Crippen LogP contribution in [0.4, 0.5) is 5.13 Å². The van der Waals surface area contributed by atoms with Crippen molar-refractivity contribution in [1.29, 1.82) is 0 Å². The highest BCUT2D eigenvalue weighted by molar-refractivity contribution is 7.14. The maximum absolute atomic E-state index is 5.58. The molecule has 0 amide bonds. The van der Waals surface area contributed by atoms with Crippen LogP contribution in [-0.2, 0) is 0 Å². The number of methoxy groups -OCH3 is 1. The molecule has 21 heavy (non-hydrogen) atoms. The second-order valence-corrected chi connectivity index (χ2v) is 6.25. The summed E-state index contributed by atoms with van der Waals surface area (Å²) in [6, 6.07) is 4.30. The lowest BCUT2D eigenvalue weighted by Gasteiger charge is -2.26. The zero-order valence-corrected chi connectivity index (χ0v) is 13.6. The van der Waals surface area contributed by atoms with Gasteiger partial charge in [-0.1, -0.05) is 6.07 Å². The van der Waals surface area contributed by atoms with Gasteiger partial charge in [-0.3, -0.25) is 0 Å². The topological polar surface area (TPSA) is 37.4 Å². The summed E-state index contributed by atoms with van der Waals surface area (Å²) in [7, 11) is 1.73. The van der Waals surface area contributed by atoms with Gasteiger partial charge in [0.05, 0.1) is 12.8 Å². The number of aryl methyl sites for hydroxylation is 2. The normalized spacial score (nSPS) is 15.3. The largest absolute Gasteiger partial charge is 0.496 e. The van der Waals surface area contributed by atoms with E-state index in [1.807, 2.05) is 0 Å². The summed E-state index contributed by atoms with van der Waals surface area (Å²) in [5, 5.41) is 6.61. The Hall–Kier alpha value is -1.59. The highest BCUT2D eigenvalue weighted by Crippen LogP contribution is 2.36. The Morgan fingerprint density at radius 1 is 1.24 bits per heavy atom. The molecular weight excluding hydrogens is 282 g/mol. The van der Waals surface area contributed by atoms with Crippen LogP contribution < -0.4 is 15.0 Å². The Labute approximate surface area is 129 Å². The van der Waals surface area contributed by atoms with Crippen LogP contribution in [0, 0.1) is 13.8 Å². The first-order valence-corrected chi connectivity index (χ1v) is 8.14. The summed E-state index contributed by atoms with van der Waals surface area (Å²) in [5.74, 6) is 0.928. The zero-order valence-electron chi connectivity index (χ0n) is 12.8. The first-order chi connectivity index (χ1) is 10.2. The van der Waals surface area contributed by atoms with E-state index < -0.39 is 0 Å². The van der Waals surface area contributed by atoms with Crippen molar-refractivity contribution in [1.82, 2.24) is 10.3 Å². The van der Waals surface area contributed by atoms with E-state index in [-0.39, 0.29) is 0 Å². The molecule has 0 aliphatic carbocycles. The SMILES string of the molecule is COc1c(C)cc(C)cc1-c1csc(N2CCNCC2)n1. The van der Waals surface area contributed by atoms with E-state index in [1.54, 1.807) is 18.4 Å². The Kier molecular flexibility index (Phi) is 4.12. The summed E-state index contributed by atoms with van der Waals surface area (Å²) >= 11 is 1.71. The molecule has 0 atom stereocenters. The molecule has 1 aromatic carbocycles. The van der Waals surface area contributed by atoms with Crippen molar-refractivity contribution >= 4 is 16.5 Å². The van der Waals surface area contributed by atoms with Gasteiger partial charge in [-0.15, -0.1) is 11.3 Å². The van der Waals surface area contributed by atoms with Crippen LogP contribution in [0.1, 0.15) is 11.1 Å². The van der Waals surface area contributed by atoms with Gasteiger partial charge in [0.15, 0.2) is 5.13 Å². The predicted octanol–water partition coefficient (Wildman–Crippen LogP) is 2.85. The molecule has 1 saturated heterocycles. The number of aromatic nitrogens is 1. The average Bonchev–Trinajstić information content (AvgIpc) is 2.97. The number of anilines is 1. The molecular formula is C16H21N3OS. The van der Waals surface area contributed by atoms with Gasteiger partial charge in [0.2, 0.25) is 0 Å². The van der Waals surface area contributed by atoms with E-state index in [1.165, 1.54) is 5.56 Å². The lowest BCUT2D eigenvalue weighted by molar-refractivity contribution is 0.413. The van der Waals surface area contributed by atoms with E-state index in [2.05, 4.69) is 41.6 Å². The lowest BCUT2D eigenvalue weighted by atomic mass is 10.0. The quantitative estimate of drug-likeness (QED) is 0.946. The van der Waals surface area contributed by atoms with Gasteiger partial charge in [-0.2, -0.15) is 0 Å². The first-order valence-electron chi connectivity index (χ1n) is 7.26. The van der Waals surface area contributed by atoms with Crippen LogP contribution >= 0.6 is 11.3 Å². The van der Waals surface area contributed by atoms with Gasteiger partial charge in [0.1, 0.15) is 5.75 Å². The van der Waals surface area contributed by atoms with Gasteiger partial charge in [-0.05, 0) is 31.0 Å². The van der Waals surface area contributed by atoms with Crippen LogP contribution in [0.5, 0.6) is 5.75 Å². The van der Waals surface area contributed by atoms with E-state index in [0.29, 0.717) is 0 Å². The highest BCUT2D eigenvalue weighted by atomic mass is 32.1. The first kappa shape index (κ1) is 14.4. The molecule has 1 aliphatic heterocycles. The summed E-state index contributed by atoms with van der Waals surface area (Å²) in [4.78, 5) is 7.18. The molecule has 5 heteroatoms. The Balaban J connectivity index is 1.96. The molecule has 0 saturated carbocycles. The molecule has 0 spiro atoms. The fraction of sp³-hybridized carbons (Fsp3) is 0.438. The smallest absolute Gasteiger partial charge is 0.185 e. The van der Waals surface area contributed by atoms with Gasteiger partial charge in [0, 0.05) is 37.1 Å². The number of hydrogen-bond donors (Lipinski definition) is 1. The summed E-state index contributed by atoms with van der Waals surface area (Å²) in [6.45, 7) is 8.30. The molecule has 3 rings (SSSR count). The summed E-state index contributed by atoms with van der Waals surface area (Å²) < 4.78 is 5.58. The molecule has 112 valence electrons. The minimum absolute atomic E-state index is 0.928. The maximum Gasteiger partial charge on any atom is 0.185 e. The zero-order chi connectivity index (χ0) is 14.8. The monoisotopic (exact) mass is 303 g/mol. The van der Waals surface area contributed by atoms with Gasteiger partial charge >= 0.3 is 0 Å². The van der Waals surface area contributed by atoms with Crippen molar-refractivity contribution in [3.05, 3.63) is 28.6 Å². The summed E-state index contributed by atoms with van der Waals surface area (Å²) in [5.41, 5.74) is 4.49. The van der Waals surface area contributed by atoms with Crippen molar-refractivity contribution in [2.24, 2.45) is 0 Å². The molecule has 4 nitrogen and oxygen atoms in total. The molecule has 1 fully saturated rings. The van der Waals surface area contributed by atoms with Gasteiger partial charge in [-0.25, -0.2) is 4.98 Å². The van der Waals surface area contributed by atoms with Crippen LogP contribution in [0.3, 0.4) is 0 Å². The number of rotatable bonds is 3. The second kappa shape index (κ2) is 6.03. The van der Waals surface area contributed by atoms with E-state index in [9.17, 15) is 0 Å². The number of ether oxygens (including phenoxy) is 1. The van der Waals surface area contributed by atoms with E-state index >= 15 is 0 Å². The van der Waals surface area contributed by atoms with Crippen LogP contribution in [0.25, 0.3) is 11.3 Å². The number of piperazine rings is 1. The van der Waals surface area contributed by atoms with Crippen molar-refractivity contribution in [2.75, 3.05) is 38.2 Å². The average molecular weight is 303 g/mol. The van der Waals surface area contributed by atoms with E-state index in [4.69, 9.17) is 9.72 Å². The Morgan fingerprint density at radius 3 is 2.71 bits per heavy atom. The minimum Gasteiger partial charge on any atom is -0.496 e. The van der Waals surface area contributed by atoms with Gasteiger partial charge < -0.3 is 15.0 Å². The number of hydrogen-bond acceptors (Lipinski definition) is 5.